The second kappa shape index (κ2) is 18.8. The Morgan fingerprint density at radius 1 is 0.603 bits per heavy atom. The van der Waals surface area contributed by atoms with Gasteiger partial charge in [0.1, 0.15) is 11.8 Å². The van der Waals surface area contributed by atoms with E-state index in [1.807, 2.05) is 13.8 Å². The van der Waals surface area contributed by atoms with Crippen molar-refractivity contribution < 1.29 is 45.1 Å². The molecule has 4 aromatic rings. The fraction of sp³-hybridized carbons (Fsp3) is 0.300. The first kappa shape index (κ1) is 44.3. The number of fused-ring (bicyclic) bond motifs is 2. The molecule has 1 aliphatic rings. The van der Waals surface area contributed by atoms with E-state index in [9.17, 15) is 45.1 Å². The van der Waals surface area contributed by atoms with E-state index in [2.05, 4.69) is 21.3 Å². The number of anilines is 2. The molecule has 2 unspecified atom stereocenters. The summed E-state index contributed by atoms with van der Waals surface area (Å²) in [6.07, 6.45) is 1.44. The molecule has 58 heavy (non-hydrogen) atoms. The van der Waals surface area contributed by atoms with Crippen LogP contribution in [0.4, 0.5) is 11.4 Å². The molecule has 18 heteroatoms. The van der Waals surface area contributed by atoms with Crippen LogP contribution in [0.15, 0.2) is 82.6 Å². The van der Waals surface area contributed by atoms with Crippen LogP contribution in [-0.2, 0) is 55.8 Å². The molecule has 0 aliphatic heterocycles. The van der Waals surface area contributed by atoms with Crippen molar-refractivity contribution in [2.75, 3.05) is 22.4 Å². The number of ketones is 2. The number of alkyl halides is 2. The van der Waals surface area contributed by atoms with E-state index in [0.717, 1.165) is 0 Å². The maximum atomic E-state index is 14.1. The number of carbonyl (C=O) groups excluding carboxylic acids is 4. The number of benzene rings is 4. The average molecular weight is 874 g/mol. The first-order valence-corrected chi connectivity index (χ1v) is 22.1. The molecule has 4 aromatic carbocycles. The standard InChI is InChI=1S/C40H42Cl2N4O10S2/c1-23(13-15-25-7-5-11-33(57(51,52)53)29(25)21-43-35(47)19-41)45-31-17-18-32(38-37(31)39(49)27-9-3-4-10-28(27)40(38)50)46-24(2)14-16-26-8-6-12-34(58(54,55)56)30(26)22-44-36(48)20-42/h3-12,17-18,23-24,45-46H,13-16,19-22H2,1-2H3,(H,43,47)(H,44,48)(H,51,52,53)(H,54,55,56). The van der Waals surface area contributed by atoms with E-state index in [1.165, 1.54) is 24.3 Å². The van der Waals surface area contributed by atoms with E-state index >= 15 is 0 Å². The van der Waals surface area contributed by atoms with Gasteiger partial charge in [-0.3, -0.25) is 28.3 Å². The fourth-order valence-electron chi connectivity index (χ4n) is 6.93. The van der Waals surface area contributed by atoms with Crippen LogP contribution in [0, 0.1) is 0 Å². The summed E-state index contributed by atoms with van der Waals surface area (Å²) in [5, 5.41) is 11.8. The van der Waals surface area contributed by atoms with Crippen LogP contribution >= 0.6 is 23.2 Å². The zero-order valence-corrected chi connectivity index (χ0v) is 34.6. The van der Waals surface area contributed by atoms with Crippen LogP contribution in [0.5, 0.6) is 0 Å². The maximum Gasteiger partial charge on any atom is 0.294 e. The number of aryl methyl sites for hydroxylation is 2. The Labute approximate surface area is 346 Å². The van der Waals surface area contributed by atoms with Crippen molar-refractivity contribution in [2.24, 2.45) is 0 Å². The molecule has 0 radical (unpaired) electrons. The lowest BCUT2D eigenvalue weighted by Crippen LogP contribution is -2.28. The third kappa shape index (κ3) is 10.4. The van der Waals surface area contributed by atoms with Crippen molar-refractivity contribution in [2.45, 2.75) is 74.5 Å². The minimum absolute atomic E-state index is 0.170. The molecule has 5 rings (SSSR count). The van der Waals surface area contributed by atoms with Gasteiger partial charge in [0.15, 0.2) is 11.6 Å². The normalized spacial score (nSPS) is 13.6. The first-order chi connectivity index (χ1) is 27.4. The Morgan fingerprint density at radius 2 is 0.983 bits per heavy atom. The number of nitrogens with one attached hydrogen (secondary N) is 4. The molecular weight excluding hydrogens is 831 g/mol. The number of halogens is 2. The van der Waals surface area contributed by atoms with Gasteiger partial charge in [-0.05, 0) is 86.1 Å². The minimum Gasteiger partial charge on any atom is -0.382 e. The van der Waals surface area contributed by atoms with Gasteiger partial charge in [0.2, 0.25) is 11.8 Å². The maximum absolute atomic E-state index is 14.1. The van der Waals surface area contributed by atoms with E-state index < -0.39 is 32.1 Å². The summed E-state index contributed by atoms with van der Waals surface area (Å²) < 4.78 is 68.5. The lowest BCUT2D eigenvalue weighted by Gasteiger charge is -2.27. The molecule has 6 N–H and O–H groups in total. The van der Waals surface area contributed by atoms with Gasteiger partial charge in [-0.25, -0.2) is 0 Å². The summed E-state index contributed by atoms with van der Waals surface area (Å²) in [4.78, 5) is 51.4. The molecule has 0 aromatic heterocycles. The number of rotatable bonds is 18. The number of carbonyl (C=O) groups is 4. The third-order valence-electron chi connectivity index (χ3n) is 9.76. The van der Waals surface area contributed by atoms with Gasteiger partial charge >= 0.3 is 0 Å². The lowest BCUT2D eigenvalue weighted by molar-refractivity contribution is -0.119. The van der Waals surface area contributed by atoms with Crippen molar-refractivity contribution >= 4 is 78.2 Å². The van der Waals surface area contributed by atoms with Crippen LogP contribution in [0.1, 0.15) is 80.8 Å². The molecular formula is C40H42Cl2N4O10S2. The smallest absolute Gasteiger partial charge is 0.294 e. The first-order valence-electron chi connectivity index (χ1n) is 18.1. The molecule has 308 valence electrons. The van der Waals surface area contributed by atoms with E-state index in [4.69, 9.17) is 23.2 Å². The second-order valence-corrected chi connectivity index (χ2v) is 17.2. The quantitative estimate of drug-likeness (QED) is 0.0472. The van der Waals surface area contributed by atoms with Crippen molar-refractivity contribution in [1.82, 2.24) is 10.6 Å². The SMILES string of the molecule is CC(CCc1cccc(S(=O)(=O)O)c1CNC(=O)CCl)Nc1ccc(NC(C)CCc2cccc(S(=O)(=O)O)c2CNC(=O)CCl)c2c1C(=O)c1ccccc1C2=O. The van der Waals surface area contributed by atoms with E-state index in [-0.39, 0.29) is 91.7 Å². The van der Waals surface area contributed by atoms with Crippen LogP contribution in [0.25, 0.3) is 0 Å². The van der Waals surface area contributed by atoms with Gasteiger partial charge in [-0.2, -0.15) is 16.8 Å². The summed E-state index contributed by atoms with van der Waals surface area (Å²) in [7, 11) is -9.23. The van der Waals surface area contributed by atoms with Gasteiger partial charge in [-0.1, -0.05) is 48.5 Å². The second-order valence-electron chi connectivity index (χ2n) is 13.8. The average Bonchev–Trinajstić information content (AvgIpc) is 3.19. The number of amides is 2. The summed E-state index contributed by atoms with van der Waals surface area (Å²) >= 11 is 11.2. The van der Waals surface area contributed by atoms with Gasteiger partial charge in [0.05, 0.1) is 20.9 Å². The number of hydrogen-bond acceptors (Lipinski definition) is 10. The Morgan fingerprint density at radius 3 is 1.33 bits per heavy atom. The highest BCUT2D eigenvalue weighted by molar-refractivity contribution is 7.86. The van der Waals surface area contributed by atoms with Gasteiger partial charge in [-0.15, -0.1) is 23.2 Å². The fourth-order valence-corrected chi connectivity index (χ4v) is 8.65. The number of hydrogen-bond donors (Lipinski definition) is 6. The monoisotopic (exact) mass is 872 g/mol. The molecule has 0 bridgehead atoms. The molecule has 1 aliphatic carbocycles. The molecule has 0 saturated heterocycles. The van der Waals surface area contributed by atoms with Gasteiger partial charge in [0.25, 0.3) is 20.2 Å². The molecule has 0 fully saturated rings. The Bertz CT molecular complexity index is 2310. The predicted molar refractivity (Wildman–Crippen MR) is 220 cm³/mol. The van der Waals surface area contributed by atoms with Crippen molar-refractivity contribution in [3.63, 3.8) is 0 Å². The molecule has 0 saturated carbocycles. The third-order valence-corrected chi connectivity index (χ3v) is 12.1. The summed E-state index contributed by atoms with van der Waals surface area (Å²) in [5.74, 6) is -2.42. The Hall–Kier alpha value is -4.84. The van der Waals surface area contributed by atoms with Crippen molar-refractivity contribution in [3.05, 3.63) is 117 Å². The highest BCUT2D eigenvalue weighted by Crippen LogP contribution is 2.37. The van der Waals surface area contributed by atoms with E-state index in [0.29, 0.717) is 48.2 Å². The summed E-state index contributed by atoms with van der Waals surface area (Å²) in [6.45, 7) is 3.36. The predicted octanol–water partition coefficient (Wildman–Crippen LogP) is 5.53. The molecule has 14 nitrogen and oxygen atoms in total. The Kier molecular flexibility index (Phi) is 14.4. The Balaban J connectivity index is 1.40. The zero-order chi connectivity index (χ0) is 42.4. The lowest BCUT2D eigenvalue weighted by atomic mass is 9.82. The molecule has 2 amide bonds. The van der Waals surface area contributed by atoms with Crippen molar-refractivity contribution in [1.29, 1.82) is 0 Å². The highest BCUT2D eigenvalue weighted by atomic mass is 35.5. The zero-order valence-electron chi connectivity index (χ0n) is 31.5. The highest BCUT2D eigenvalue weighted by Gasteiger charge is 2.34. The topological polar surface area (TPSA) is 225 Å². The van der Waals surface area contributed by atoms with Gasteiger partial charge in [0, 0.05) is 47.7 Å². The summed E-state index contributed by atoms with van der Waals surface area (Å²) in [5.41, 5.74) is 3.20. The molecule has 0 spiro atoms. The van der Waals surface area contributed by atoms with Gasteiger partial charge < -0.3 is 21.3 Å². The van der Waals surface area contributed by atoms with Crippen LogP contribution in [0.3, 0.4) is 0 Å². The molecule has 0 heterocycles. The van der Waals surface area contributed by atoms with Crippen LogP contribution in [0.2, 0.25) is 0 Å². The largest absolute Gasteiger partial charge is 0.382 e. The summed E-state index contributed by atoms with van der Waals surface area (Å²) in [6, 6.07) is 18.1. The van der Waals surface area contributed by atoms with Crippen LogP contribution < -0.4 is 21.3 Å². The molecule has 2 atom stereocenters. The van der Waals surface area contributed by atoms with Crippen LogP contribution in [-0.4, -0.2) is 73.2 Å². The van der Waals surface area contributed by atoms with E-state index in [1.54, 1.807) is 48.5 Å². The minimum atomic E-state index is -4.61. The van der Waals surface area contributed by atoms with Crippen molar-refractivity contribution in [3.8, 4) is 0 Å².